The van der Waals surface area contributed by atoms with Gasteiger partial charge in [0.15, 0.2) is 17.4 Å². The first-order chi connectivity index (χ1) is 19.3. The number of carbonyl (C=O) groups is 2. The van der Waals surface area contributed by atoms with Crippen LogP contribution in [0.2, 0.25) is 0 Å². The molecule has 0 saturated heterocycles. The molecule has 3 aromatic rings. The molecule has 1 aromatic carbocycles. The van der Waals surface area contributed by atoms with E-state index in [4.69, 9.17) is 13.6 Å². The number of nitrogens with zero attached hydrogens (tertiary/aromatic N) is 4. The Balaban J connectivity index is 1.78. The Morgan fingerprint density at radius 3 is 2.47 bits per heavy atom. The largest absolute Gasteiger partial charge is 0.497 e. The van der Waals surface area contributed by atoms with Crippen LogP contribution in [0.5, 0.6) is 11.5 Å². The van der Waals surface area contributed by atoms with Crippen molar-refractivity contribution in [3.63, 3.8) is 0 Å². The van der Waals surface area contributed by atoms with Crippen LogP contribution in [0, 0.1) is 5.92 Å². The SMILES string of the molecule is [2H]C([2H])([2H])CC(=O)c1cnc(NC(=O)C2CC2)cc1Nc1cc(OC)cc(-c2cnc(N=S(C)(C)=O)cn2)c1OC. The second-order valence-electron chi connectivity index (χ2n) is 8.89. The summed E-state index contributed by atoms with van der Waals surface area (Å²) in [4.78, 5) is 38.2. The molecule has 0 unspecified atom stereocenters. The minimum absolute atomic E-state index is 0.0189. The molecule has 11 nitrogen and oxygen atoms in total. The van der Waals surface area contributed by atoms with Crippen molar-refractivity contribution in [2.24, 2.45) is 10.3 Å². The second kappa shape index (κ2) is 11.1. The van der Waals surface area contributed by atoms with Crippen LogP contribution >= 0.6 is 0 Å². The topological polar surface area (TPSA) is 145 Å². The van der Waals surface area contributed by atoms with Crippen molar-refractivity contribution in [2.45, 2.75) is 26.1 Å². The number of ether oxygens (including phenoxy) is 2. The molecule has 1 amide bonds. The Kier molecular flexibility index (Phi) is 6.76. The maximum absolute atomic E-state index is 13.0. The zero-order valence-corrected chi connectivity index (χ0v) is 22.2. The molecule has 0 bridgehead atoms. The van der Waals surface area contributed by atoms with E-state index < -0.39 is 28.8 Å². The molecule has 2 heterocycles. The van der Waals surface area contributed by atoms with E-state index in [0.717, 1.165) is 12.8 Å². The average molecular weight is 542 g/mol. The quantitative estimate of drug-likeness (QED) is 0.352. The first-order valence-corrected chi connectivity index (χ1v) is 14.0. The summed E-state index contributed by atoms with van der Waals surface area (Å²) < 4.78 is 49.9. The van der Waals surface area contributed by atoms with Crippen LogP contribution in [-0.4, -0.2) is 57.6 Å². The third kappa shape index (κ3) is 6.43. The summed E-state index contributed by atoms with van der Waals surface area (Å²) in [5, 5.41) is 5.88. The number of carbonyl (C=O) groups excluding carboxylic acids is 2. The highest BCUT2D eigenvalue weighted by Crippen LogP contribution is 2.41. The van der Waals surface area contributed by atoms with Crippen LogP contribution in [0.15, 0.2) is 41.2 Å². The van der Waals surface area contributed by atoms with Gasteiger partial charge in [-0.2, -0.15) is 4.36 Å². The number of amides is 1. The van der Waals surface area contributed by atoms with Crippen molar-refractivity contribution in [3.05, 3.63) is 42.4 Å². The van der Waals surface area contributed by atoms with Crippen LogP contribution in [0.1, 0.15) is 40.6 Å². The van der Waals surface area contributed by atoms with Gasteiger partial charge in [-0.3, -0.25) is 14.6 Å². The molecule has 38 heavy (non-hydrogen) atoms. The number of hydrogen-bond acceptors (Lipinski definition) is 10. The van der Waals surface area contributed by atoms with Gasteiger partial charge in [0.05, 0.1) is 49.2 Å². The number of pyridine rings is 1. The van der Waals surface area contributed by atoms with E-state index in [1.807, 2.05) is 0 Å². The summed E-state index contributed by atoms with van der Waals surface area (Å²) in [5.41, 5.74) is 1.46. The Bertz CT molecular complexity index is 1590. The van der Waals surface area contributed by atoms with E-state index in [9.17, 15) is 13.8 Å². The fraction of sp³-hybridized carbons (Fsp3) is 0.346. The van der Waals surface area contributed by atoms with Crippen LogP contribution in [-0.2, 0) is 14.5 Å². The van der Waals surface area contributed by atoms with Crippen molar-refractivity contribution in [3.8, 4) is 22.8 Å². The maximum Gasteiger partial charge on any atom is 0.228 e. The van der Waals surface area contributed by atoms with E-state index in [1.165, 1.54) is 51.4 Å². The molecule has 200 valence electrons. The average Bonchev–Trinajstić information content (AvgIpc) is 3.73. The van der Waals surface area contributed by atoms with Crippen molar-refractivity contribution in [1.29, 1.82) is 0 Å². The molecule has 1 aliphatic rings. The molecule has 0 aliphatic heterocycles. The molecule has 1 fully saturated rings. The summed E-state index contributed by atoms with van der Waals surface area (Å²) in [6.07, 6.45) is 7.94. The zero-order valence-electron chi connectivity index (χ0n) is 24.4. The number of anilines is 3. The first kappa shape index (κ1) is 23.1. The molecule has 1 saturated carbocycles. The number of aromatic nitrogens is 3. The highest BCUT2D eigenvalue weighted by atomic mass is 32.2. The van der Waals surface area contributed by atoms with Gasteiger partial charge in [-0.25, -0.2) is 14.2 Å². The molecule has 0 radical (unpaired) electrons. The van der Waals surface area contributed by atoms with Crippen molar-refractivity contribution in [2.75, 3.05) is 37.4 Å². The summed E-state index contributed by atoms with van der Waals surface area (Å²) in [6.45, 7) is -2.49. The highest BCUT2D eigenvalue weighted by molar-refractivity contribution is 7.92. The third-order valence-corrected chi connectivity index (χ3v) is 6.19. The highest BCUT2D eigenvalue weighted by Gasteiger charge is 2.30. The van der Waals surface area contributed by atoms with E-state index in [1.54, 1.807) is 12.1 Å². The van der Waals surface area contributed by atoms with Gasteiger partial charge < -0.3 is 20.1 Å². The van der Waals surface area contributed by atoms with Gasteiger partial charge in [0.2, 0.25) is 5.91 Å². The minimum Gasteiger partial charge on any atom is -0.497 e. The van der Waals surface area contributed by atoms with Gasteiger partial charge in [0.1, 0.15) is 11.6 Å². The fourth-order valence-electron chi connectivity index (χ4n) is 3.62. The van der Waals surface area contributed by atoms with Gasteiger partial charge in [0, 0.05) is 62.6 Å². The molecule has 0 spiro atoms. The number of methoxy groups -OCH3 is 2. The molecule has 1 aliphatic carbocycles. The monoisotopic (exact) mass is 541 g/mol. The molecule has 2 N–H and O–H groups in total. The molecule has 4 rings (SSSR count). The first-order valence-electron chi connectivity index (χ1n) is 13.1. The number of benzene rings is 1. The predicted octanol–water partition coefficient (Wildman–Crippen LogP) is 4.60. The van der Waals surface area contributed by atoms with Gasteiger partial charge >= 0.3 is 0 Å². The van der Waals surface area contributed by atoms with Crippen molar-refractivity contribution < 1.29 is 27.4 Å². The molecule has 12 heteroatoms. The van der Waals surface area contributed by atoms with Gasteiger partial charge in [-0.15, -0.1) is 0 Å². The zero-order chi connectivity index (χ0) is 29.9. The van der Waals surface area contributed by atoms with Gasteiger partial charge in [-0.05, 0) is 18.9 Å². The predicted molar refractivity (Wildman–Crippen MR) is 146 cm³/mol. The Labute approximate surface area is 225 Å². The van der Waals surface area contributed by atoms with Crippen molar-refractivity contribution >= 4 is 44.4 Å². The summed E-state index contributed by atoms with van der Waals surface area (Å²) in [5.74, 6) is 0.222. The second-order valence-corrected chi connectivity index (χ2v) is 11.4. The van der Waals surface area contributed by atoms with Crippen LogP contribution in [0.3, 0.4) is 0 Å². The lowest BCUT2D eigenvalue weighted by molar-refractivity contribution is -0.117. The Hall–Kier alpha value is -4.06. The molecule has 0 atom stereocenters. The molecular formula is C26H30N6O5S. The number of hydrogen-bond donors (Lipinski definition) is 2. The number of Topliss-reactive ketones (excluding diaryl/α,β-unsaturated/α-hetero) is 1. The van der Waals surface area contributed by atoms with Gasteiger partial charge in [0.25, 0.3) is 0 Å². The Morgan fingerprint density at radius 2 is 1.87 bits per heavy atom. The third-order valence-electron chi connectivity index (χ3n) is 5.56. The summed E-state index contributed by atoms with van der Waals surface area (Å²) in [7, 11) is 0.496. The Morgan fingerprint density at radius 1 is 1.08 bits per heavy atom. The number of nitrogens with one attached hydrogen (secondary N) is 2. The minimum atomic E-state index is -2.49. The van der Waals surface area contributed by atoms with E-state index in [0.29, 0.717) is 28.4 Å². The van der Waals surface area contributed by atoms with Gasteiger partial charge in [-0.1, -0.05) is 6.85 Å². The maximum atomic E-state index is 13.0. The van der Waals surface area contributed by atoms with E-state index in [2.05, 4.69) is 29.9 Å². The molecule has 2 aromatic heterocycles. The molecular weight excluding hydrogens is 508 g/mol. The lowest BCUT2D eigenvalue weighted by Crippen LogP contribution is -2.15. The van der Waals surface area contributed by atoms with Crippen LogP contribution in [0.4, 0.5) is 23.0 Å². The standard InChI is InChI=1S/C26H30N6O5S/c1-6-22(33)18-12-28-23(31-26(34)15-7-8-15)11-19(18)30-20-10-16(36-2)9-17(25(20)37-3)21-13-29-24(14-27-21)32-38(4,5)35/h9-15H,6-8H2,1-5H3,(H2,28,30,31,34)/i1D3. The smallest absolute Gasteiger partial charge is 0.228 e. The normalized spacial score (nSPS) is 14.5. The summed E-state index contributed by atoms with van der Waals surface area (Å²) in [6, 6.07) is 4.78. The summed E-state index contributed by atoms with van der Waals surface area (Å²) >= 11 is 0. The number of ketones is 1. The van der Waals surface area contributed by atoms with E-state index >= 15 is 0 Å². The van der Waals surface area contributed by atoms with Crippen LogP contribution in [0.25, 0.3) is 11.3 Å². The lowest BCUT2D eigenvalue weighted by Gasteiger charge is -2.18. The van der Waals surface area contributed by atoms with Crippen molar-refractivity contribution in [1.82, 2.24) is 15.0 Å². The van der Waals surface area contributed by atoms with E-state index in [-0.39, 0.29) is 34.7 Å². The van der Waals surface area contributed by atoms with Crippen LogP contribution < -0.4 is 20.1 Å². The lowest BCUT2D eigenvalue weighted by atomic mass is 10.1. The fourth-order valence-corrected chi connectivity index (χ4v) is 4.16. The number of rotatable bonds is 10.